The van der Waals surface area contributed by atoms with Crippen LogP contribution in [0.4, 0.5) is 11.8 Å². The molecule has 2 aromatic heterocycles. The standard InChI is InChI=1S/C17H18N6O2/c18-17-21-14-8-9(13-5-6-19-23-13)2-4-12(14)15(22-17)20-11-3-1-10(7-11)16(24)25/h2,4-6,8,10-11H,1,3,7H2,(H,19,23)(H,24,25)(H3,18,20,21,22)/t10-,11-/m0/s1. The number of nitrogens with zero attached hydrogens (tertiary/aromatic N) is 3. The number of fused-ring (bicyclic) bond motifs is 1. The molecule has 1 saturated carbocycles. The molecule has 25 heavy (non-hydrogen) atoms. The molecular formula is C17H18N6O2. The summed E-state index contributed by atoms with van der Waals surface area (Å²) in [7, 11) is 0. The number of benzene rings is 1. The highest BCUT2D eigenvalue weighted by Crippen LogP contribution is 2.31. The van der Waals surface area contributed by atoms with Gasteiger partial charge in [-0.2, -0.15) is 10.1 Å². The number of rotatable bonds is 4. The molecule has 0 unspecified atom stereocenters. The highest BCUT2D eigenvalue weighted by molar-refractivity contribution is 5.92. The monoisotopic (exact) mass is 338 g/mol. The molecule has 0 spiro atoms. The molecule has 3 aromatic rings. The number of carboxylic acids is 1. The molecule has 0 radical (unpaired) electrons. The van der Waals surface area contributed by atoms with Crippen molar-refractivity contribution in [1.82, 2.24) is 20.2 Å². The molecule has 0 saturated heterocycles. The number of carboxylic acid groups (broad SMARTS) is 1. The molecule has 5 N–H and O–H groups in total. The lowest BCUT2D eigenvalue weighted by Crippen LogP contribution is -2.19. The maximum absolute atomic E-state index is 11.1. The number of aromatic nitrogens is 4. The third kappa shape index (κ3) is 2.98. The van der Waals surface area contributed by atoms with E-state index < -0.39 is 5.97 Å². The van der Waals surface area contributed by atoms with E-state index in [-0.39, 0.29) is 17.9 Å². The quantitative estimate of drug-likeness (QED) is 0.574. The number of nitrogens with one attached hydrogen (secondary N) is 2. The van der Waals surface area contributed by atoms with Gasteiger partial charge in [0.15, 0.2) is 0 Å². The van der Waals surface area contributed by atoms with Crippen LogP contribution in [0, 0.1) is 5.92 Å². The number of carbonyl (C=O) groups is 1. The number of nitrogen functional groups attached to an aromatic ring is 1. The third-order valence-corrected chi connectivity index (χ3v) is 4.65. The average molecular weight is 338 g/mol. The molecular weight excluding hydrogens is 320 g/mol. The Hall–Kier alpha value is -3.16. The zero-order valence-electron chi connectivity index (χ0n) is 13.4. The van der Waals surface area contributed by atoms with Crippen LogP contribution in [0.1, 0.15) is 19.3 Å². The van der Waals surface area contributed by atoms with Crippen molar-refractivity contribution in [2.75, 3.05) is 11.1 Å². The van der Waals surface area contributed by atoms with E-state index in [4.69, 9.17) is 10.8 Å². The predicted octanol–water partition coefficient (Wildman–Crippen LogP) is 2.27. The molecule has 128 valence electrons. The van der Waals surface area contributed by atoms with Crippen LogP contribution in [0.5, 0.6) is 0 Å². The van der Waals surface area contributed by atoms with Crippen LogP contribution in [-0.4, -0.2) is 37.3 Å². The van der Waals surface area contributed by atoms with Crippen LogP contribution in [0.25, 0.3) is 22.2 Å². The molecule has 2 atom stereocenters. The van der Waals surface area contributed by atoms with Crippen LogP contribution in [-0.2, 0) is 4.79 Å². The molecule has 1 aliphatic carbocycles. The molecule has 4 rings (SSSR count). The first-order valence-electron chi connectivity index (χ1n) is 8.16. The summed E-state index contributed by atoms with van der Waals surface area (Å²) < 4.78 is 0. The maximum Gasteiger partial charge on any atom is 0.306 e. The summed E-state index contributed by atoms with van der Waals surface area (Å²) in [6.45, 7) is 0. The highest BCUT2D eigenvalue weighted by atomic mass is 16.4. The molecule has 8 heteroatoms. The Labute approximate surface area is 143 Å². The number of H-pyrrole nitrogens is 1. The van der Waals surface area contributed by atoms with Crippen molar-refractivity contribution in [2.45, 2.75) is 25.3 Å². The number of nitrogens with two attached hydrogens (primary N) is 1. The smallest absolute Gasteiger partial charge is 0.306 e. The van der Waals surface area contributed by atoms with Crippen molar-refractivity contribution >= 4 is 28.6 Å². The van der Waals surface area contributed by atoms with Crippen molar-refractivity contribution in [2.24, 2.45) is 5.92 Å². The van der Waals surface area contributed by atoms with E-state index in [9.17, 15) is 4.79 Å². The van der Waals surface area contributed by atoms with Gasteiger partial charge in [0.25, 0.3) is 0 Å². The van der Waals surface area contributed by atoms with Crippen molar-refractivity contribution in [3.05, 3.63) is 30.5 Å². The molecule has 0 amide bonds. The second kappa shape index (κ2) is 6.04. The number of aliphatic carboxylic acids is 1. The first-order valence-corrected chi connectivity index (χ1v) is 8.16. The van der Waals surface area contributed by atoms with Gasteiger partial charge in [-0.05, 0) is 37.5 Å². The molecule has 2 heterocycles. The van der Waals surface area contributed by atoms with E-state index in [1.165, 1.54) is 0 Å². The maximum atomic E-state index is 11.1. The second-order valence-corrected chi connectivity index (χ2v) is 6.32. The van der Waals surface area contributed by atoms with E-state index in [2.05, 4.69) is 25.5 Å². The lowest BCUT2D eigenvalue weighted by molar-refractivity contribution is -0.141. The lowest BCUT2D eigenvalue weighted by atomic mass is 10.1. The number of hydrogen-bond donors (Lipinski definition) is 4. The van der Waals surface area contributed by atoms with E-state index >= 15 is 0 Å². The van der Waals surface area contributed by atoms with Gasteiger partial charge in [-0.1, -0.05) is 6.07 Å². The SMILES string of the molecule is Nc1nc(N[C@H]2CC[C@H](C(=O)O)C2)c2ccc(-c3ccn[nH]3)cc2n1. The Morgan fingerprint density at radius 2 is 2.16 bits per heavy atom. The first kappa shape index (κ1) is 15.4. The average Bonchev–Trinajstić information content (AvgIpc) is 3.26. The minimum absolute atomic E-state index is 0.0749. The fourth-order valence-electron chi connectivity index (χ4n) is 3.37. The summed E-state index contributed by atoms with van der Waals surface area (Å²) in [5, 5.41) is 20.2. The Morgan fingerprint density at radius 1 is 1.28 bits per heavy atom. The lowest BCUT2D eigenvalue weighted by Gasteiger charge is -2.15. The molecule has 1 aromatic carbocycles. The van der Waals surface area contributed by atoms with E-state index in [1.54, 1.807) is 6.20 Å². The summed E-state index contributed by atoms with van der Waals surface area (Å²) in [6, 6.07) is 7.80. The fraction of sp³-hybridized carbons (Fsp3) is 0.294. The molecule has 1 fully saturated rings. The first-order chi connectivity index (χ1) is 12.1. The summed E-state index contributed by atoms with van der Waals surface area (Å²) in [5.41, 5.74) is 8.45. The fourth-order valence-corrected chi connectivity index (χ4v) is 3.37. The van der Waals surface area contributed by atoms with Crippen LogP contribution in [0.15, 0.2) is 30.5 Å². The van der Waals surface area contributed by atoms with Gasteiger partial charge in [-0.25, -0.2) is 4.98 Å². The molecule has 0 bridgehead atoms. The normalized spacial score (nSPS) is 20.0. The summed E-state index contributed by atoms with van der Waals surface area (Å²) in [5.74, 6) is -0.199. The highest BCUT2D eigenvalue weighted by Gasteiger charge is 2.30. The van der Waals surface area contributed by atoms with Gasteiger partial charge >= 0.3 is 5.97 Å². The van der Waals surface area contributed by atoms with Crippen molar-refractivity contribution < 1.29 is 9.90 Å². The Kier molecular flexibility index (Phi) is 3.72. The number of anilines is 2. The predicted molar refractivity (Wildman–Crippen MR) is 93.9 cm³/mol. The van der Waals surface area contributed by atoms with Gasteiger partial charge in [-0.3, -0.25) is 9.89 Å². The number of hydrogen-bond acceptors (Lipinski definition) is 6. The molecule has 8 nitrogen and oxygen atoms in total. The summed E-state index contributed by atoms with van der Waals surface area (Å²) in [4.78, 5) is 19.8. The van der Waals surface area contributed by atoms with E-state index in [0.29, 0.717) is 18.7 Å². The zero-order chi connectivity index (χ0) is 17.4. The minimum atomic E-state index is -0.736. The van der Waals surface area contributed by atoms with E-state index in [1.807, 2.05) is 24.3 Å². The van der Waals surface area contributed by atoms with Gasteiger partial charge in [0.05, 0.1) is 17.1 Å². The Balaban J connectivity index is 1.66. The van der Waals surface area contributed by atoms with Gasteiger partial charge in [0, 0.05) is 23.2 Å². The topological polar surface area (TPSA) is 130 Å². The van der Waals surface area contributed by atoms with Crippen LogP contribution in [0.2, 0.25) is 0 Å². The number of aromatic amines is 1. The Bertz CT molecular complexity index is 924. The summed E-state index contributed by atoms with van der Waals surface area (Å²) in [6.07, 6.45) is 3.76. The van der Waals surface area contributed by atoms with Crippen molar-refractivity contribution in [3.8, 4) is 11.3 Å². The largest absolute Gasteiger partial charge is 0.481 e. The third-order valence-electron chi connectivity index (χ3n) is 4.65. The van der Waals surface area contributed by atoms with Crippen LogP contribution < -0.4 is 11.1 Å². The van der Waals surface area contributed by atoms with Gasteiger partial charge < -0.3 is 16.2 Å². The van der Waals surface area contributed by atoms with E-state index in [0.717, 1.165) is 28.6 Å². The van der Waals surface area contributed by atoms with Gasteiger partial charge in [0.1, 0.15) is 5.82 Å². The van der Waals surface area contributed by atoms with Crippen molar-refractivity contribution in [1.29, 1.82) is 0 Å². The molecule has 0 aliphatic heterocycles. The van der Waals surface area contributed by atoms with Gasteiger partial charge in [-0.15, -0.1) is 0 Å². The minimum Gasteiger partial charge on any atom is -0.481 e. The second-order valence-electron chi connectivity index (χ2n) is 6.32. The molecule has 1 aliphatic rings. The van der Waals surface area contributed by atoms with Crippen LogP contribution in [0.3, 0.4) is 0 Å². The van der Waals surface area contributed by atoms with Crippen LogP contribution >= 0.6 is 0 Å². The zero-order valence-corrected chi connectivity index (χ0v) is 13.4. The summed E-state index contributed by atoms with van der Waals surface area (Å²) >= 11 is 0. The van der Waals surface area contributed by atoms with Gasteiger partial charge in [0.2, 0.25) is 5.95 Å². The Morgan fingerprint density at radius 3 is 2.88 bits per heavy atom. The van der Waals surface area contributed by atoms with Crippen molar-refractivity contribution in [3.63, 3.8) is 0 Å².